The molecule has 1 aliphatic heterocycles. The first-order valence-electron chi connectivity index (χ1n) is 7.96. The minimum absolute atomic E-state index is 0.0132. The Labute approximate surface area is 137 Å². The first kappa shape index (κ1) is 15.6. The molecule has 0 saturated heterocycles. The van der Waals surface area contributed by atoms with Crippen molar-refractivity contribution in [1.82, 2.24) is 14.9 Å². The molecule has 0 saturated carbocycles. The van der Waals surface area contributed by atoms with E-state index in [2.05, 4.69) is 50.6 Å². The van der Waals surface area contributed by atoms with Gasteiger partial charge in [0.2, 0.25) is 0 Å². The van der Waals surface area contributed by atoms with Crippen LogP contribution in [0.25, 0.3) is 0 Å². The Morgan fingerprint density at radius 3 is 2.68 bits per heavy atom. The molecule has 3 nitrogen and oxygen atoms in total. The number of hydrogen-bond acceptors (Lipinski definition) is 4. The van der Waals surface area contributed by atoms with Crippen LogP contribution in [0, 0.1) is 13.8 Å². The zero-order valence-corrected chi connectivity index (χ0v) is 15.0. The van der Waals surface area contributed by atoms with E-state index < -0.39 is 0 Å². The Kier molecular flexibility index (Phi) is 4.08. The van der Waals surface area contributed by atoms with E-state index in [9.17, 15) is 0 Å². The highest BCUT2D eigenvalue weighted by molar-refractivity contribution is 7.12. The van der Waals surface area contributed by atoms with Gasteiger partial charge in [-0.15, -0.1) is 11.3 Å². The molecule has 118 valence electrons. The van der Waals surface area contributed by atoms with Gasteiger partial charge < -0.3 is 0 Å². The van der Waals surface area contributed by atoms with Crippen LogP contribution in [0.3, 0.4) is 0 Å². The number of thiophene rings is 1. The Morgan fingerprint density at radius 1 is 1.27 bits per heavy atom. The lowest BCUT2D eigenvalue weighted by atomic mass is 9.95. The Morgan fingerprint density at radius 2 is 2.05 bits per heavy atom. The van der Waals surface area contributed by atoms with Crippen molar-refractivity contribution in [2.75, 3.05) is 6.54 Å². The zero-order valence-electron chi connectivity index (χ0n) is 14.2. The molecule has 0 fully saturated rings. The quantitative estimate of drug-likeness (QED) is 0.838. The smallest absolute Gasteiger partial charge is 0.133 e. The van der Waals surface area contributed by atoms with Gasteiger partial charge in [-0.05, 0) is 37.5 Å². The van der Waals surface area contributed by atoms with E-state index in [1.165, 1.54) is 26.6 Å². The average Bonchev–Trinajstić information content (AvgIpc) is 2.75. The van der Waals surface area contributed by atoms with E-state index >= 15 is 0 Å². The summed E-state index contributed by atoms with van der Waals surface area (Å²) in [5, 5.41) is 0. The highest BCUT2D eigenvalue weighted by Gasteiger charge is 2.23. The van der Waals surface area contributed by atoms with E-state index in [0.717, 1.165) is 31.9 Å². The van der Waals surface area contributed by atoms with Gasteiger partial charge in [-0.1, -0.05) is 20.8 Å². The fraction of sp³-hybridized carbons (Fsp3) is 0.556. The number of rotatable bonds is 2. The summed E-state index contributed by atoms with van der Waals surface area (Å²) < 4.78 is 0. The topological polar surface area (TPSA) is 29.0 Å². The summed E-state index contributed by atoms with van der Waals surface area (Å²) >= 11 is 1.92. The maximum Gasteiger partial charge on any atom is 0.133 e. The van der Waals surface area contributed by atoms with Crippen LogP contribution in [0.2, 0.25) is 0 Å². The maximum atomic E-state index is 4.85. The Balaban J connectivity index is 1.77. The summed E-state index contributed by atoms with van der Waals surface area (Å²) in [6.45, 7) is 14.0. The van der Waals surface area contributed by atoms with E-state index in [-0.39, 0.29) is 5.41 Å². The highest BCUT2D eigenvalue weighted by atomic mass is 32.1. The second-order valence-corrected chi connectivity index (χ2v) is 8.67. The molecule has 0 unspecified atom stereocenters. The molecule has 2 aromatic rings. The van der Waals surface area contributed by atoms with Gasteiger partial charge in [-0.2, -0.15) is 0 Å². The molecule has 0 spiro atoms. The zero-order chi connectivity index (χ0) is 15.9. The lowest BCUT2D eigenvalue weighted by Gasteiger charge is -2.28. The third-order valence-corrected chi connectivity index (χ3v) is 5.43. The van der Waals surface area contributed by atoms with Gasteiger partial charge in [0.15, 0.2) is 0 Å². The molecule has 0 radical (unpaired) electrons. The Bertz CT molecular complexity index is 663. The summed E-state index contributed by atoms with van der Waals surface area (Å²) in [6, 6.07) is 2.33. The molecular weight excluding hydrogens is 290 g/mol. The van der Waals surface area contributed by atoms with Crippen molar-refractivity contribution in [2.45, 2.75) is 59.5 Å². The fourth-order valence-corrected chi connectivity index (χ4v) is 3.90. The molecular formula is C18H25N3S. The Hall–Kier alpha value is -1.26. The van der Waals surface area contributed by atoms with Crippen LogP contribution < -0.4 is 0 Å². The third kappa shape index (κ3) is 3.23. The van der Waals surface area contributed by atoms with Gasteiger partial charge in [0.05, 0.1) is 5.69 Å². The van der Waals surface area contributed by atoms with Crippen molar-refractivity contribution in [2.24, 2.45) is 0 Å². The summed E-state index contributed by atoms with van der Waals surface area (Å²) in [6.07, 6.45) is 3.10. The predicted molar refractivity (Wildman–Crippen MR) is 92.3 cm³/mol. The summed E-state index contributed by atoms with van der Waals surface area (Å²) in [7, 11) is 0. The minimum atomic E-state index is 0.0132. The molecule has 0 aromatic carbocycles. The third-order valence-electron chi connectivity index (χ3n) is 4.29. The number of aryl methyl sites for hydroxylation is 2. The van der Waals surface area contributed by atoms with E-state index in [1.54, 1.807) is 0 Å². The van der Waals surface area contributed by atoms with Crippen LogP contribution in [0.4, 0.5) is 0 Å². The molecule has 0 bridgehead atoms. The van der Waals surface area contributed by atoms with Crippen molar-refractivity contribution >= 4 is 11.3 Å². The van der Waals surface area contributed by atoms with Crippen molar-refractivity contribution < 1.29 is 0 Å². The molecule has 0 amide bonds. The largest absolute Gasteiger partial charge is 0.292 e. The summed E-state index contributed by atoms with van der Waals surface area (Å²) in [5.74, 6) is 0.955. The number of hydrogen-bond donors (Lipinski definition) is 0. The average molecular weight is 315 g/mol. The fourth-order valence-electron chi connectivity index (χ4n) is 2.80. The molecule has 4 heteroatoms. The predicted octanol–water partition coefficient (Wildman–Crippen LogP) is 4.01. The van der Waals surface area contributed by atoms with Crippen LogP contribution in [0.1, 0.15) is 53.2 Å². The van der Waals surface area contributed by atoms with Gasteiger partial charge >= 0.3 is 0 Å². The van der Waals surface area contributed by atoms with Crippen molar-refractivity contribution in [1.29, 1.82) is 0 Å². The summed E-state index contributed by atoms with van der Waals surface area (Å²) in [5.41, 5.74) is 3.97. The van der Waals surface area contributed by atoms with Crippen molar-refractivity contribution in [3.8, 4) is 0 Å². The molecule has 1 aliphatic rings. The molecule has 0 N–H and O–H groups in total. The normalized spacial score (nSPS) is 15.9. The second kappa shape index (κ2) is 5.74. The number of nitrogens with zero attached hydrogens (tertiary/aromatic N) is 3. The van der Waals surface area contributed by atoms with Gasteiger partial charge in [0.25, 0.3) is 0 Å². The molecule has 0 atom stereocenters. The SMILES string of the molecule is Cc1cc(CN2CCc3cnc(C(C)(C)C)nc3C2)sc1C. The minimum Gasteiger partial charge on any atom is -0.292 e. The molecule has 22 heavy (non-hydrogen) atoms. The van der Waals surface area contributed by atoms with Crippen LogP contribution in [-0.4, -0.2) is 21.4 Å². The van der Waals surface area contributed by atoms with Gasteiger partial charge in [-0.3, -0.25) is 4.90 Å². The van der Waals surface area contributed by atoms with Gasteiger partial charge in [0, 0.05) is 41.0 Å². The van der Waals surface area contributed by atoms with E-state index in [4.69, 9.17) is 4.98 Å². The molecule has 3 rings (SSSR count). The van der Waals surface area contributed by atoms with E-state index in [0.29, 0.717) is 0 Å². The van der Waals surface area contributed by atoms with E-state index in [1.807, 2.05) is 17.5 Å². The highest BCUT2D eigenvalue weighted by Crippen LogP contribution is 2.26. The van der Waals surface area contributed by atoms with Crippen molar-refractivity contribution in [3.05, 3.63) is 44.7 Å². The monoisotopic (exact) mass is 315 g/mol. The molecule has 2 aromatic heterocycles. The van der Waals surface area contributed by atoms with Crippen molar-refractivity contribution in [3.63, 3.8) is 0 Å². The van der Waals surface area contributed by atoms with Crippen LogP contribution in [0.5, 0.6) is 0 Å². The molecule has 3 heterocycles. The summed E-state index contributed by atoms with van der Waals surface area (Å²) in [4.78, 5) is 14.8. The second-order valence-electron chi connectivity index (χ2n) is 7.33. The van der Waals surface area contributed by atoms with Gasteiger partial charge in [-0.25, -0.2) is 9.97 Å². The molecule has 0 aliphatic carbocycles. The lowest BCUT2D eigenvalue weighted by molar-refractivity contribution is 0.242. The van der Waals surface area contributed by atoms with Crippen LogP contribution >= 0.6 is 11.3 Å². The van der Waals surface area contributed by atoms with Crippen LogP contribution in [0.15, 0.2) is 12.3 Å². The first-order valence-corrected chi connectivity index (χ1v) is 8.78. The van der Waals surface area contributed by atoms with Crippen LogP contribution in [-0.2, 0) is 24.9 Å². The first-order chi connectivity index (χ1) is 10.3. The van der Waals surface area contributed by atoms with Gasteiger partial charge in [0.1, 0.15) is 5.82 Å². The number of aromatic nitrogens is 2. The standard InChI is InChI=1S/C18H25N3S/c1-12-8-15(22-13(12)2)10-21-7-6-14-9-19-17(18(3,4)5)20-16(14)11-21/h8-9H,6-7,10-11H2,1-5H3. The number of fused-ring (bicyclic) bond motifs is 1. The lowest BCUT2D eigenvalue weighted by Crippen LogP contribution is -2.31. The maximum absolute atomic E-state index is 4.85.